The van der Waals surface area contributed by atoms with Gasteiger partial charge in [0.1, 0.15) is 5.75 Å². The highest BCUT2D eigenvalue weighted by Gasteiger charge is 2.25. The second kappa shape index (κ2) is 4.57. The van der Waals surface area contributed by atoms with Crippen molar-refractivity contribution >= 4 is 7.82 Å². The minimum atomic E-state index is -4.22. The first kappa shape index (κ1) is 11.2. The Morgan fingerprint density at radius 1 is 1.36 bits per heavy atom. The summed E-state index contributed by atoms with van der Waals surface area (Å²) in [6, 6.07) is 8.06. The molecule has 0 amide bonds. The Hall–Kier alpha value is -0.870. The van der Waals surface area contributed by atoms with Crippen LogP contribution >= 0.6 is 7.82 Å². The Kier molecular flexibility index (Phi) is 3.66. The van der Waals surface area contributed by atoms with E-state index in [-0.39, 0.29) is 5.75 Å². The van der Waals surface area contributed by atoms with Crippen molar-refractivity contribution in [2.24, 2.45) is 0 Å². The minimum absolute atomic E-state index is 0.207. The molecule has 0 spiro atoms. The Morgan fingerprint density at radius 2 is 1.93 bits per heavy atom. The first-order valence-electron chi connectivity index (χ1n) is 3.93. The van der Waals surface area contributed by atoms with E-state index < -0.39 is 14.1 Å². The summed E-state index contributed by atoms with van der Waals surface area (Å²) in [6.07, 6.45) is -1.35. The third kappa shape index (κ3) is 3.89. The van der Waals surface area contributed by atoms with Crippen LogP contribution < -0.4 is 4.52 Å². The number of para-hydroxylation sites is 1. The molecule has 0 bridgehead atoms. The van der Waals surface area contributed by atoms with E-state index >= 15 is 0 Å². The van der Waals surface area contributed by atoms with Crippen LogP contribution in [-0.4, -0.2) is 16.3 Å². The second-order valence-corrected chi connectivity index (χ2v) is 3.91. The lowest BCUT2D eigenvalue weighted by Gasteiger charge is -2.14. The summed E-state index contributed by atoms with van der Waals surface area (Å²) < 4.78 is 20.1. The minimum Gasteiger partial charge on any atom is -0.404 e. The van der Waals surface area contributed by atoms with Crippen LogP contribution in [-0.2, 0) is 9.09 Å². The van der Waals surface area contributed by atoms with Crippen molar-refractivity contribution in [3.63, 3.8) is 0 Å². The molecular formula is C8H11O5P. The van der Waals surface area contributed by atoms with Crippen LogP contribution in [0.4, 0.5) is 0 Å². The van der Waals surface area contributed by atoms with Gasteiger partial charge in [0.25, 0.3) is 0 Å². The van der Waals surface area contributed by atoms with Gasteiger partial charge in [-0.2, -0.15) is 0 Å². The molecule has 0 saturated carbocycles. The Bertz CT molecular complexity index is 324. The first-order valence-corrected chi connectivity index (χ1v) is 5.43. The molecule has 78 valence electrons. The molecule has 6 heteroatoms. The van der Waals surface area contributed by atoms with Crippen LogP contribution in [0, 0.1) is 0 Å². The standard InChI is InChI=1S/C8H11O5P/c1-7(9)12-14(10,11)13-8-5-3-2-4-6-8/h2-7,9H,1H3,(H,10,11). The summed E-state index contributed by atoms with van der Waals surface area (Å²) >= 11 is 0. The van der Waals surface area contributed by atoms with E-state index in [4.69, 9.17) is 10.00 Å². The van der Waals surface area contributed by atoms with Crippen LogP contribution in [0.1, 0.15) is 6.92 Å². The number of hydrogen-bond acceptors (Lipinski definition) is 4. The number of phosphoric acid groups is 1. The maximum absolute atomic E-state index is 11.1. The lowest BCUT2D eigenvalue weighted by molar-refractivity contribution is -0.0191. The number of hydrogen-bond donors (Lipinski definition) is 2. The highest BCUT2D eigenvalue weighted by Crippen LogP contribution is 2.44. The summed E-state index contributed by atoms with van der Waals surface area (Å²) in [5.74, 6) is 0.207. The third-order valence-corrected chi connectivity index (χ3v) is 2.26. The van der Waals surface area contributed by atoms with Gasteiger partial charge in [-0.1, -0.05) is 18.2 Å². The molecule has 0 radical (unpaired) electrons. The molecule has 0 fully saturated rings. The molecule has 2 unspecified atom stereocenters. The highest BCUT2D eigenvalue weighted by molar-refractivity contribution is 7.47. The van der Waals surface area contributed by atoms with E-state index in [9.17, 15) is 4.57 Å². The summed E-state index contributed by atoms with van der Waals surface area (Å²) in [5.41, 5.74) is 0. The number of benzene rings is 1. The molecule has 1 aromatic carbocycles. The predicted octanol–water partition coefficient (Wildman–Crippen LogP) is 1.52. The second-order valence-electron chi connectivity index (χ2n) is 2.58. The molecule has 1 aromatic rings. The van der Waals surface area contributed by atoms with Gasteiger partial charge in [0.05, 0.1) is 0 Å². The van der Waals surface area contributed by atoms with E-state index in [0.29, 0.717) is 0 Å². The zero-order valence-electron chi connectivity index (χ0n) is 7.53. The molecule has 2 atom stereocenters. The van der Waals surface area contributed by atoms with Gasteiger partial charge >= 0.3 is 7.82 Å². The van der Waals surface area contributed by atoms with Crippen molar-refractivity contribution in [2.75, 3.05) is 0 Å². The third-order valence-electron chi connectivity index (χ3n) is 1.25. The number of aliphatic hydroxyl groups excluding tert-OH is 1. The Labute approximate surface area is 81.5 Å². The van der Waals surface area contributed by atoms with Gasteiger partial charge in [-0.15, -0.1) is 0 Å². The van der Waals surface area contributed by atoms with Crippen molar-refractivity contribution in [3.05, 3.63) is 30.3 Å². The normalized spacial score (nSPS) is 17.1. The van der Waals surface area contributed by atoms with E-state index in [1.54, 1.807) is 18.2 Å². The zero-order chi connectivity index (χ0) is 10.6. The van der Waals surface area contributed by atoms with Crippen molar-refractivity contribution in [1.29, 1.82) is 0 Å². The fourth-order valence-electron chi connectivity index (χ4n) is 0.829. The first-order chi connectivity index (χ1) is 6.49. The van der Waals surface area contributed by atoms with Gasteiger partial charge in [-0.25, -0.2) is 9.09 Å². The summed E-state index contributed by atoms with van der Waals surface area (Å²) in [5, 5.41) is 8.73. The fourth-order valence-corrected chi connectivity index (χ4v) is 1.65. The van der Waals surface area contributed by atoms with Crippen LogP contribution in [0.2, 0.25) is 0 Å². The molecule has 0 saturated heterocycles. The SMILES string of the molecule is CC(O)OP(=O)(O)Oc1ccccc1. The van der Waals surface area contributed by atoms with E-state index in [1.165, 1.54) is 19.1 Å². The number of rotatable bonds is 4. The average molecular weight is 218 g/mol. The molecule has 0 aromatic heterocycles. The molecule has 0 aliphatic heterocycles. The zero-order valence-corrected chi connectivity index (χ0v) is 8.42. The van der Waals surface area contributed by atoms with Crippen molar-refractivity contribution in [1.82, 2.24) is 0 Å². The van der Waals surface area contributed by atoms with Gasteiger partial charge in [-0.05, 0) is 19.1 Å². The van der Waals surface area contributed by atoms with E-state index in [2.05, 4.69) is 9.05 Å². The van der Waals surface area contributed by atoms with Gasteiger partial charge in [-0.3, -0.25) is 4.89 Å². The van der Waals surface area contributed by atoms with Crippen molar-refractivity contribution in [3.8, 4) is 5.75 Å². The Balaban J connectivity index is 2.64. The van der Waals surface area contributed by atoms with Crippen LogP contribution in [0.25, 0.3) is 0 Å². The average Bonchev–Trinajstić information content (AvgIpc) is 2.02. The quantitative estimate of drug-likeness (QED) is 0.591. The van der Waals surface area contributed by atoms with Gasteiger partial charge in [0.2, 0.25) is 0 Å². The summed E-state index contributed by atoms with van der Waals surface area (Å²) in [7, 11) is -4.22. The summed E-state index contributed by atoms with van der Waals surface area (Å²) in [4.78, 5) is 9.09. The maximum Gasteiger partial charge on any atom is 0.529 e. The maximum atomic E-state index is 11.1. The summed E-state index contributed by atoms with van der Waals surface area (Å²) in [6.45, 7) is 1.22. The molecule has 0 aliphatic rings. The van der Waals surface area contributed by atoms with Gasteiger partial charge in [0.15, 0.2) is 6.29 Å². The number of phosphoric ester groups is 1. The molecule has 5 nitrogen and oxygen atoms in total. The smallest absolute Gasteiger partial charge is 0.404 e. The predicted molar refractivity (Wildman–Crippen MR) is 49.7 cm³/mol. The van der Waals surface area contributed by atoms with Crippen LogP contribution in [0.3, 0.4) is 0 Å². The molecular weight excluding hydrogens is 207 g/mol. The van der Waals surface area contributed by atoms with E-state index in [0.717, 1.165) is 0 Å². The molecule has 14 heavy (non-hydrogen) atoms. The molecule has 2 N–H and O–H groups in total. The van der Waals surface area contributed by atoms with Gasteiger partial charge in [0, 0.05) is 0 Å². The monoisotopic (exact) mass is 218 g/mol. The van der Waals surface area contributed by atoms with Gasteiger partial charge < -0.3 is 9.63 Å². The van der Waals surface area contributed by atoms with E-state index in [1.807, 2.05) is 0 Å². The molecule has 0 heterocycles. The van der Waals surface area contributed by atoms with Crippen molar-refractivity contribution in [2.45, 2.75) is 13.2 Å². The highest BCUT2D eigenvalue weighted by atomic mass is 31.2. The molecule has 1 rings (SSSR count). The largest absolute Gasteiger partial charge is 0.529 e. The van der Waals surface area contributed by atoms with Crippen LogP contribution in [0.15, 0.2) is 30.3 Å². The fraction of sp³-hybridized carbons (Fsp3) is 0.250. The van der Waals surface area contributed by atoms with Crippen molar-refractivity contribution < 1.29 is 23.6 Å². The lowest BCUT2D eigenvalue weighted by atomic mass is 10.3. The van der Waals surface area contributed by atoms with Crippen LogP contribution in [0.5, 0.6) is 5.75 Å². The molecule has 0 aliphatic carbocycles. The Morgan fingerprint density at radius 3 is 2.43 bits per heavy atom. The topological polar surface area (TPSA) is 76.0 Å². The number of aliphatic hydroxyl groups is 1. The lowest BCUT2D eigenvalue weighted by Crippen LogP contribution is -2.07.